The standard InChI is InChI=1S/C24H28O8/c1-29-21(25)17-11-15-14(13-8-6-5-7-9-13)10-19(23(27)31-3)20(24(28)32-4)16(15)12-18(17)22(26)30-2/h5-9,16-20H,10-12H2,1-4H3/t16?,17-,18-,19-,20-/m0/s1. The van der Waals surface area contributed by atoms with Gasteiger partial charge in [-0.2, -0.15) is 0 Å². The maximum atomic E-state index is 12.9. The molecule has 0 aliphatic heterocycles. The van der Waals surface area contributed by atoms with Gasteiger partial charge in [0.2, 0.25) is 0 Å². The Kier molecular flexibility index (Phi) is 7.33. The second-order valence-corrected chi connectivity index (χ2v) is 8.06. The van der Waals surface area contributed by atoms with E-state index in [0.717, 1.165) is 16.7 Å². The third kappa shape index (κ3) is 4.26. The van der Waals surface area contributed by atoms with Crippen LogP contribution in [0.25, 0.3) is 5.57 Å². The summed E-state index contributed by atoms with van der Waals surface area (Å²) in [5.41, 5.74) is 2.63. The maximum absolute atomic E-state index is 12.9. The fourth-order valence-corrected chi connectivity index (χ4v) is 5.18. The van der Waals surface area contributed by atoms with Crippen molar-refractivity contribution in [2.24, 2.45) is 29.6 Å². The van der Waals surface area contributed by atoms with Crippen LogP contribution < -0.4 is 0 Å². The van der Waals surface area contributed by atoms with Crippen LogP contribution >= 0.6 is 0 Å². The van der Waals surface area contributed by atoms with Crippen molar-refractivity contribution in [3.63, 3.8) is 0 Å². The van der Waals surface area contributed by atoms with Gasteiger partial charge in [0.1, 0.15) is 0 Å². The summed E-state index contributed by atoms with van der Waals surface area (Å²) in [7, 11) is 5.09. The molecule has 8 heteroatoms. The lowest BCUT2D eigenvalue weighted by molar-refractivity contribution is -0.164. The highest BCUT2D eigenvalue weighted by molar-refractivity contribution is 5.89. The minimum absolute atomic E-state index is 0.158. The second-order valence-electron chi connectivity index (χ2n) is 8.06. The van der Waals surface area contributed by atoms with Crippen LogP contribution in [0.2, 0.25) is 0 Å². The topological polar surface area (TPSA) is 105 Å². The van der Waals surface area contributed by atoms with Gasteiger partial charge in [-0.3, -0.25) is 19.2 Å². The second kappa shape index (κ2) is 9.97. The zero-order valence-electron chi connectivity index (χ0n) is 18.7. The molecule has 2 aliphatic rings. The first-order chi connectivity index (χ1) is 15.4. The van der Waals surface area contributed by atoms with E-state index >= 15 is 0 Å². The smallest absolute Gasteiger partial charge is 0.310 e. The van der Waals surface area contributed by atoms with Crippen molar-refractivity contribution in [3.8, 4) is 0 Å². The molecule has 0 saturated heterocycles. The fourth-order valence-electron chi connectivity index (χ4n) is 5.18. The van der Waals surface area contributed by atoms with E-state index in [1.165, 1.54) is 28.4 Å². The number of hydrogen-bond donors (Lipinski definition) is 0. The Balaban J connectivity index is 2.20. The summed E-state index contributed by atoms with van der Waals surface area (Å²) >= 11 is 0. The van der Waals surface area contributed by atoms with Crippen molar-refractivity contribution in [1.82, 2.24) is 0 Å². The molecule has 1 unspecified atom stereocenters. The molecule has 0 bridgehead atoms. The molecule has 1 saturated carbocycles. The van der Waals surface area contributed by atoms with Crippen LogP contribution in [0.5, 0.6) is 0 Å². The predicted molar refractivity (Wildman–Crippen MR) is 113 cm³/mol. The lowest BCUT2D eigenvalue weighted by atomic mass is 9.59. The average Bonchev–Trinajstić information content (AvgIpc) is 2.85. The number of methoxy groups -OCH3 is 4. The molecule has 5 atom stereocenters. The summed E-state index contributed by atoms with van der Waals surface area (Å²) in [6, 6.07) is 9.50. The monoisotopic (exact) mass is 444 g/mol. The molecular formula is C24H28O8. The number of esters is 4. The molecule has 0 spiro atoms. The Labute approximate surface area is 186 Å². The molecule has 1 aromatic carbocycles. The van der Waals surface area contributed by atoms with Gasteiger partial charge in [0.25, 0.3) is 0 Å². The van der Waals surface area contributed by atoms with Crippen LogP contribution in [0.15, 0.2) is 35.9 Å². The number of benzene rings is 1. The number of carbonyl (C=O) groups excluding carboxylic acids is 4. The number of carbonyl (C=O) groups is 4. The van der Waals surface area contributed by atoms with Crippen LogP contribution in [-0.2, 0) is 38.1 Å². The van der Waals surface area contributed by atoms with Crippen molar-refractivity contribution in [3.05, 3.63) is 41.5 Å². The highest BCUT2D eigenvalue weighted by Gasteiger charge is 2.53. The first kappa shape index (κ1) is 23.5. The van der Waals surface area contributed by atoms with E-state index in [1.807, 2.05) is 30.3 Å². The van der Waals surface area contributed by atoms with E-state index in [-0.39, 0.29) is 19.3 Å². The van der Waals surface area contributed by atoms with E-state index < -0.39 is 53.5 Å². The van der Waals surface area contributed by atoms with Crippen LogP contribution in [-0.4, -0.2) is 52.3 Å². The van der Waals surface area contributed by atoms with Crippen LogP contribution in [0, 0.1) is 29.6 Å². The normalized spacial score (nSPS) is 27.1. The Hall–Kier alpha value is -3.16. The summed E-state index contributed by atoms with van der Waals surface area (Å²) < 4.78 is 20.0. The van der Waals surface area contributed by atoms with E-state index in [4.69, 9.17) is 18.9 Å². The molecular weight excluding hydrogens is 416 g/mol. The predicted octanol–water partition coefficient (Wildman–Crippen LogP) is 2.41. The number of ether oxygens (including phenoxy) is 4. The molecule has 8 nitrogen and oxygen atoms in total. The Morgan fingerprint density at radius 2 is 1.22 bits per heavy atom. The quantitative estimate of drug-likeness (QED) is 0.504. The molecule has 1 fully saturated rings. The summed E-state index contributed by atoms with van der Waals surface area (Å²) in [4.78, 5) is 50.7. The van der Waals surface area contributed by atoms with Crippen molar-refractivity contribution >= 4 is 29.5 Å². The van der Waals surface area contributed by atoms with Crippen LogP contribution in [0.1, 0.15) is 24.8 Å². The van der Waals surface area contributed by atoms with Crippen molar-refractivity contribution in [1.29, 1.82) is 0 Å². The van der Waals surface area contributed by atoms with Crippen LogP contribution in [0.4, 0.5) is 0 Å². The van der Waals surface area contributed by atoms with E-state index in [2.05, 4.69) is 0 Å². The molecule has 32 heavy (non-hydrogen) atoms. The summed E-state index contributed by atoms with van der Waals surface area (Å²) in [5, 5.41) is 0. The van der Waals surface area contributed by atoms with Gasteiger partial charge in [0.05, 0.1) is 52.1 Å². The van der Waals surface area contributed by atoms with Crippen LogP contribution in [0.3, 0.4) is 0 Å². The Morgan fingerprint density at radius 1 is 0.688 bits per heavy atom. The summed E-state index contributed by atoms with van der Waals surface area (Å²) in [5.74, 6) is -5.77. The van der Waals surface area contributed by atoms with Gasteiger partial charge in [0, 0.05) is 0 Å². The molecule has 172 valence electrons. The lowest BCUT2D eigenvalue weighted by Gasteiger charge is -2.44. The number of rotatable bonds is 5. The van der Waals surface area contributed by atoms with Crippen molar-refractivity contribution < 1.29 is 38.1 Å². The third-order valence-electron chi connectivity index (χ3n) is 6.67. The molecule has 0 aromatic heterocycles. The largest absolute Gasteiger partial charge is 0.469 e. The summed E-state index contributed by atoms with van der Waals surface area (Å²) in [6.07, 6.45) is 0.646. The van der Waals surface area contributed by atoms with Gasteiger partial charge in [-0.05, 0) is 36.3 Å². The summed E-state index contributed by atoms with van der Waals surface area (Å²) in [6.45, 7) is 0. The van der Waals surface area contributed by atoms with Gasteiger partial charge >= 0.3 is 23.9 Å². The zero-order chi connectivity index (χ0) is 23.4. The van der Waals surface area contributed by atoms with Crippen molar-refractivity contribution in [2.75, 3.05) is 28.4 Å². The number of fused-ring (bicyclic) bond motifs is 1. The maximum Gasteiger partial charge on any atom is 0.310 e. The molecule has 0 radical (unpaired) electrons. The fraction of sp³-hybridized carbons (Fsp3) is 0.500. The molecule has 0 N–H and O–H groups in total. The van der Waals surface area contributed by atoms with Gasteiger partial charge in [-0.25, -0.2) is 0 Å². The molecule has 0 heterocycles. The Bertz CT molecular complexity index is 919. The van der Waals surface area contributed by atoms with E-state index in [9.17, 15) is 19.2 Å². The minimum Gasteiger partial charge on any atom is -0.469 e. The average molecular weight is 444 g/mol. The first-order valence-corrected chi connectivity index (χ1v) is 10.5. The van der Waals surface area contributed by atoms with Gasteiger partial charge in [-0.1, -0.05) is 35.9 Å². The lowest BCUT2D eigenvalue weighted by Crippen LogP contribution is -2.47. The minimum atomic E-state index is -0.833. The highest BCUT2D eigenvalue weighted by atomic mass is 16.5. The van der Waals surface area contributed by atoms with Gasteiger partial charge < -0.3 is 18.9 Å². The first-order valence-electron chi connectivity index (χ1n) is 10.5. The van der Waals surface area contributed by atoms with E-state index in [0.29, 0.717) is 0 Å². The number of hydrogen-bond acceptors (Lipinski definition) is 8. The number of allylic oxidation sites excluding steroid dienone is 2. The molecule has 3 rings (SSSR count). The van der Waals surface area contributed by atoms with Gasteiger partial charge in [0.15, 0.2) is 0 Å². The molecule has 1 aromatic rings. The van der Waals surface area contributed by atoms with E-state index in [1.54, 1.807) is 0 Å². The van der Waals surface area contributed by atoms with Gasteiger partial charge in [-0.15, -0.1) is 0 Å². The SMILES string of the molecule is COC(=O)[C@H]1CC2=C(c3ccccc3)C[C@H](C(=O)OC)[C@@H](C(=O)OC)C2C[C@@H]1C(=O)OC. The molecule has 2 aliphatic carbocycles. The third-order valence-corrected chi connectivity index (χ3v) is 6.67. The van der Waals surface area contributed by atoms with Crippen molar-refractivity contribution in [2.45, 2.75) is 19.3 Å². The Morgan fingerprint density at radius 3 is 1.78 bits per heavy atom. The highest BCUT2D eigenvalue weighted by Crippen LogP contribution is 2.52. The molecule has 0 amide bonds. The zero-order valence-corrected chi connectivity index (χ0v) is 18.7.